The minimum absolute atomic E-state index is 0.121. The molecule has 1 aliphatic heterocycles. The molecule has 1 N–H and O–H groups in total. The Bertz CT molecular complexity index is 191. The first-order chi connectivity index (χ1) is 7.85. The molecule has 3 nitrogen and oxygen atoms in total. The molecular weight excluding hydrogens is 202 g/mol. The van der Waals surface area contributed by atoms with E-state index in [0.29, 0.717) is 5.92 Å². The van der Waals surface area contributed by atoms with Gasteiger partial charge in [-0.3, -0.25) is 0 Å². The third kappa shape index (κ3) is 3.19. The fraction of sp³-hybridized carbons (Fsp3) is 1.00. The second-order valence-corrected chi connectivity index (χ2v) is 5.31. The Morgan fingerprint density at radius 2 is 2.12 bits per heavy atom. The van der Waals surface area contributed by atoms with E-state index in [1.165, 1.54) is 38.5 Å². The van der Waals surface area contributed by atoms with E-state index >= 15 is 0 Å². The normalized spacial score (nSPS) is 29.4. The zero-order chi connectivity index (χ0) is 11.3. The standard InChI is InChI=1S/C13H25NO2/c1-14-11-13(6-3-2-4-7-13)16-10-12-5-8-15-9-12/h12,14H,2-11H2,1H3. The Labute approximate surface area is 98.9 Å². The maximum atomic E-state index is 6.25. The number of hydrogen-bond acceptors (Lipinski definition) is 3. The van der Waals surface area contributed by atoms with E-state index < -0.39 is 0 Å². The molecule has 0 bridgehead atoms. The van der Waals surface area contributed by atoms with Crippen molar-refractivity contribution in [1.29, 1.82) is 0 Å². The summed E-state index contributed by atoms with van der Waals surface area (Å²) in [5, 5.41) is 3.30. The van der Waals surface area contributed by atoms with E-state index in [4.69, 9.17) is 9.47 Å². The summed E-state index contributed by atoms with van der Waals surface area (Å²) in [7, 11) is 2.03. The molecule has 16 heavy (non-hydrogen) atoms. The van der Waals surface area contributed by atoms with E-state index in [0.717, 1.165) is 26.4 Å². The van der Waals surface area contributed by atoms with Gasteiger partial charge in [0.2, 0.25) is 0 Å². The number of rotatable bonds is 5. The molecule has 0 aromatic heterocycles. The van der Waals surface area contributed by atoms with Crippen LogP contribution in [0.15, 0.2) is 0 Å². The summed E-state index contributed by atoms with van der Waals surface area (Å²) in [5.41, 5.74) is 0.121. The highest BCUT2D eigenvalue weighted by Gasteiger charge is 2.33. The molecule has 1 saturated heterocycles. The van der Waals surface area contributed by atoms with Gasteiger partial charge in [0.05, 0.1) is 18.8 Å². The molecule has 1 aliphatic carbocycles. The maximum Gasteiger partial charge on any atom is 0.0806 e. The SMILES string of the molecule is CNCC1(OCC2CCOC2)CCCCC1. The van der Waals surface area contributed by atoms with Crippen LogP contribution in [0, 0.1) is 5.92 Å². The molecule has 2 aliphatic rings. The second-order valence-electron chi connectivity index (χ2n) is 5.31. The topological polar surface area (TPSA) is 30.5 Å². The lowest BCUT2D eigenvalue weighted by atomic mass is 9.84. The Morgan fingerprint density at radius 3 is 2.75 bits per heavy atom. The molecule has 2 rings (SSSR count). The zero-order valence-corrected chi connectivity index (χ0v) is 10.5. The van der Waals surface area contributed by atoms with Gasteiger partial charge in [0.25, 0.3) is 0 Å². The van der Waals surface area contributed by atoms with Gasteiger partial charge >= 0.3 is 0 Å². The Balaban J connectivity index is 1.80. The second kappa shape index (κ2) is 5.99. The van der Waals surface area contributed by atoms with Gasteiger partial charge in [-0.05, 0) is 26.3 Å². The van der Waals surface area contributed by atoms with Gasteiger partial charge < -0.3 is 14.8 Å². The molecule has 1 heterocycles. The van der Waals surface area contributed by atoms with Crippen LogP contribution < -0.4 is 5.32 Å². The largest absolute Gasteiger partial charge is 0.381 e. The van der Waals surface area contributed by atoms with Crippen molar-refractivity contribution in [2.24, 2.45) is 5.92 Å². The van der Waals surface area contributed by atoms with E-state index in [1.54, 1.807) is 0 Å². The van der Waals surface area contributed by atoms with Crippen LogP contribution in [0.5, 0.6) is 0 Å². The summed E-state index contributed by atoms with van der Waals surface area (Å²) in [5.74, 6) is 0.635. The molecule has 94 valence electrons. The van der Waals surface area contributed by atoms with Crippen LogP contribution in [-0.2, 0) is 9.47 Å². The van der Waals surface area contributed by atoms with Crippen LogP contribution in [-0.4, -0.2) is 39.0 Å². The number of ether oxygens (including phenoxy) is 2. The first kappa shape index (κ1) is 12.3. The summed E-state index contributed by atoms with van der Waals surface area (Å²) < 4.78 is 11.6. The number of likely N-dealkylation sites (N-methyl/N-ethyl adjacent to an activating group) is 1. The smallest absolute Gasteiger partial charge is 0.0806 e. The zero-order valence-electron chi connectivity index (χ0n) is 10.5. The van der Waals surface area contributed by atoms with E-state index in [-0.39, 0.29) is 5.60 Å². The van der Waals surface area contributed by atoms with Crippen molar-refractivity contribution >= 4 is 0 Å². The van der Waals surface area contributed by atoms with Crippen molar-refractivity contribution in [2.75, 3.05) is 33.4 Å². The predicted molar refractivity (Wildman–Crippen MR) is 64.6 cm³/mol. The van der Waals surface area contributed by atoms with Crippen molar-refractivity contribution in [1.82, 2.24) is 5.32 Å². The van der Waals surface area contributed by atoms with Crippen LogP contribution in [0.25, 0.3) is 0 Å². The van der Waals surface area contributed by atoms with E-state index in [9.17, 15) is 0 Å². The summed E-state index contributed by atoms with van der Waals surface area (Å²) in [6, 6.07) is 0. The molecule has 0 aromatic carbocycles. The Morgan fingerprint density at radius 1 is 1.31 bits per heavy atom. The first-order valence-corrected chi connectivity index (χ1v) is 6.71. The van der Waals surface area contributed by atoms with Crippen molar-refractivity contribution in [2.45, 2.75) is 44.1 Å². The van der Waals surface area contributed by atoms with Crippen LogP contribution in [0.1, 0.15) is 38.5 Å². The predicted octanol–water partition coefficient (Wildman–Crippen LogP) is 1.96. The Hall–Kier alpha value is -0.120. The van der Waals surface area contributed by atoms with Gasteiger partial charge in [0.1, 0.15) is 0 Å². The van der Waals surface area contributed by atoms with Crippen LogP contribution in [0.4, 0.5) is 0 Å². The van der Waals surface area contributed by atoms with Crippen LogP contribution in [0.3, 0.4) is 0 Å². The highest BCUT2D eigenvalue weighted by atomic mass is 16.5. The third-order valence-corrected chi connectivity index (χ3v) is 3.91. The molecule has 0 spiro atoms. The van der Waals surface area contributed by atoms with Gasteiger partial charge in [-0.2, -0.15) is 0 Å². The van der Waals surface area contributed by atoms with Crippen LogP contribution in [0.2, 0.25) is 0 Å². The molecule has 0 amide bonds. The average molecular weight is 227 g/mol. The summed E-state index contributed by atoms with van der Waals surface area (Å²) in [4.78, 5) is 0. The molecule has 1 saturated carbocycles. The van der Waals surface area contributed by atoms with Crippen molar-refractivity contribution in [3.8, 4) is 0 Å². The monoisotopic (exact) mass is 227 g/mol. The summed E-state index contributed by atoms with van der Waals surface area (Å²) in [6.45, 7) is 3.71. The minimum atomic E-state index is 0.121. The van der Waals surface area contributed by atoms with Gasteiger partial charge in [0.15, 0.2) is 0 Å². The highest BCUT2D eigenvalue weighted by molar-refractivity contribution is 4.86. The van der Waals surface area contributed by atoms with Gasteiger partial charge in [-0.15, -0.1) is 0 Å². The first-order valence-electron chi connectivity index (χ1n) is 6.71. The van der Waals surface area contributed by atoms with Crippen LogP contribution >= 0.6 is 0 Å². The molecule has 3 heteroatoms. The molecule has 0 aromatic rings. The number of hydrogen-bond donors (Lipinski definition) is 1. The van der Waals surface area contributed by atoms with Crippen molar-refractivity contribution in [3.05, 3.63) is 0 Å². The molecule has 0 radical (unpaired) electrons. The molecule has 2 fully saturated rings. The molecular formula is C13H25NO2. The third-order valence-electron chi connectivity index (χ3n) is 3.91. The highest BCUT2D eigenvalue weighted by Crippen LogP contribution is 2.32. The lowest BCUT2D eigenvalue weighted by Crippen LogP contribution is -2.44. The lowest BCUT2D eigenvalue weighted by Gasteiger charge is -2.38. The molecule has 1 atom stereocenters. The fourth-order valence-corrected chi connectivity index (χ4v) is 2.90. The van der Waals surface area contributed by atoms with Gasteiger partial charge in [-0.1, -0.05) is 19.3 Å². The van der Waals surface area contributed by atoms with E-state index in [1.807, 2.05) is 7.05 Å². The fourth-order valence-electron chi connectivity index (χ4n) is 2.90. The number of nitrogens with one attached hydrogen (secondary N) is 1. The van der Waals surface area contributed by atoms with Crippen molar-refractivity contribution in [3.63, 3.8) is 0 Å². The Kier molecular flexibility index (Phi) is 4.62. The summed E-state index contributed by atoms with van der Waals surface area (Å²) in [6.07, 6.45) is 7.64. The van der Waals surface area contributed by atoms with E-state index in [2.05, 4.69) is 5.32 Å². The summed E-state index contributed by atoms with van der Waals surface area (Å²) >= 11 is 0. The maximum absolute atomic E-state index is 6.25. The quantitative estimate of drug-likeness (QED) is 0.779. The van der Waals surface area contributed by atoms with Gasteiger partial charge in [-0.25, -0.2) is 0 Å². The average Bonchev–Trinajstić information content (AvgIpc) is 2.81. The van der Waals surface area contributed by atoms with Crippen molar-refractivity contribution < 1.29 is 9.47 Å². The molecule has 1 unspecified atom stereocenters. The minimum Gasteiger partial charge on any atom is -0.381 e. The van der Waals surface area contributed by atoms with Gasteiger partial charge in [0, 0.05) is 19.1 Å². The lowest BCUT2D eigenvalue weighted by molar-refractivity contribution is -0.0808.